The molecule has 0 N–H and O–H groups in total. The van der Waals surface area contributed by atoms with Gasteiger partial charge in [-0.2, -0.15) is 0 Å². The van der Waals surface area contributed by atoms with Crippen molar-refractivity contribution in [3.63, 3.8) is 0 Å². The van der Waals surface area contributed by atoms with Crippen LogP contribution in [0.5, 0.6) is 0 Å². The first kappa shape index (κ1) is 19.7. The second-order valence-electron chi connectivity index (χ2n) is 6.52. The normalized spacial score (nSPS) is 11.0. The lowest BCUT2D eigenvalue weighted by atomic mass is 10.0. The highest BCUT2D eigenvalue weighted by Gasteiger charge is 1.95. The fraction of sp³-hybridized carbons (Fsp3) is 0.714. The molecule has 0 heterocycles. The van der Waals surface area contributed by atoms with Crippen molar-refractivity contribution in [2.75, 3.05) is 5.33 Å². The third kappa shape index (κ3) is 12.3. The van der Waals surface area contributed by atoms with Gasteiger partial charge in [-0.05, 0) is 24.8 Å². The smallest absolute Gasteiger partial charge is 0.00313 e. The van der Waals surface area contributed by atoms with Crippen molar-refractivity contribution in [1.82, 2.24) is 0 Å². The third-order valence-electron chi connectivity index (χ3n) is 4.44. The molecule has 1 heteroatoms. The first-order valence-electron chi connectivity index (χ1n) is 9.53. The van der Waals surface area contributed by atoms with Gasteiger partial charge < -0.3 is 0 Å². The highest BCUT2D eigenvalue weighted by Crippen LogP contribution is 2.13. The molecule has 0 aromatic heterocycles. The molecule has 0 saturated carbocycles. The van der Waals surface area contributed by atoms with Crippen molar-refractivity contribution in [2.45, 2.75) is 89.9 Å². The van der Waals surface area contributed by atoms with Crippen LogP contribution in [0.1, 0.15) is 89.0 Å². The number of alkyl halides is 1. The highest BCUT2D eigenvalue weighted by molar-refractivity contribution is 9.09. The maximum absolute atomic E-state index is 3.49. The lowest BCUT2D eigenvalue weighted by Crippen LogP contribution is -1.86. The summed E-state index contributed by atoms with van der Waals surface area (Å²) in [5.41, 5.74) is 1.50. The fourth-order valence-electron chi connectivity index (χ4n) is 3.01. The quantitative estimate of drug-likeness (QED) is 0.220. The SMILES string of the molecule is BrCCCCCCCCCCCCCCCc1ccccc1. The Morgan fingerprint density at radius 3 is 1.36 bits per heavy atom. The highest BCUT2D eigenvalue weighted by atomic mass is 79.9. The zero-order valence-electron chi connectivity index (χ0n) is 14.4. The van der Waals surface area contributed by atoms with Crippen molar-refractivity contribution in [3.8, 4) is 0 Å². The van der Waals surface area contributed by atoms with Crippen LogP contribution in [0.25, 0.3) is 0 Å². The molecule has 0 bridgehead atoms. The maximum atomic E-state index is 3.49. The molecule has 0 aliphatic carbocycles. The van der Waals surface area contributed by atoms with E-state index in [0.29, 0.717) is 0 Å². The van der Waals surface area contributed by atoms with Crippen LogP contribution in [0.15, 0.2) is 30.3 Å². The number of unbranched alkanes of at least 4 members (excludes halogenated alkanes) is 12. The molecular formula is C21H35Br. The summed E-state index contributed by atoms with van der Waals surface area (Å²) in [7, 11) is 0. The number of rotatable bonds is 15. The Morgan fingerprint density at radius 1 is 0.500 bits per heavy atom. The zero-order valence-corrected chi connectivity index (χ0v) is 16.0. The van der Waals surface area contributed by atoms with Gasteiger partial charge in [0.15, 0.2) is 0 Å². The average molecular weight is 367 g/mol. The fourth-order valence-corrected chi connectivity index (χ4v) is 3.41. The Balaban J connectivity index is 1.73. The van der Waals surface area contributed by atoms with Crippen molar-refractivity contribution in [2.24, 2.45) is 0 Å². The Bertz CT molecular complexity index is 320. The van der Waals surface area contributed by atoms with Gasteiger partial charge in [-0.3, -0.25) is 0 Å². The predicted octanol–water partition coefficient (Wildman–Crippen LogP) is 7.70. The van der Waals surface area contributed by atoms with Gasteiger partial charge in [0.1, 0.15) is 0 Å². The molecule has 0 atom stereocenters. The molecule has 0 unspecified atom stereocenters. The molecule has 1 aromatic carbocycles. The van der Waals surface area contributed by atoms with Crippen LogP contribution < -0.4 is 0 Å². The second-order valence-corrected chi connectivity index (χ2v) is 7.31. The predicted molar refractivity (Wildman–Crippen MR) is 104 cm³/mol. The Morgan fingerprint density at radius 2 is 0.909 bits per heavy atom. The summed E-state index contributed by atoms with van der Waals surface area (Å²) in [6.45, 7) is 0. The number of hydrogen-bond donors (Lipinski definition) is 0. The minimum atomic E-state index is 1.18. The summed E-state index contributed by atoms with van der Waals surface area (Å²) in [5.74, 6) is 0. The molecule has 0 nitrogen and oxygen atoms in total. The van der Waals surface area contributed by atoms with E-state index in [0.717, 1.165) is 0 Å². The van der Waals surface area contributed by atoms with Gasteiger partial charge in [0.25, 0.3) is 0 Å². The van der Waals surface area contributed by atoms with E-state index >= 15 is 0 Å². The molecule has 0 aliphatic rings. The van der Waals surface area contributed by atoms with Crippen LogP contribution in [0.4, 0.5) is 0 Å². The van der Waals surface area contributed by atoms with Crippen LogP contribution in [0.2, 0.25) is 0 Å². The molecule has 0 spiro atoms. The Kier molecular flexibility index (Phi) is 14.0. The van der Waals surface area contributed by atoms with Crippen molar-refractivity contribution in [1.29, 1.82) is 0 Å². The topological polar surface area (TPSA) is 0 Å². The molecule has 1 rings (SSSR count). The zero-order chi connectivity index (χ0) is 15.7. The third-order valence-corrected chi connectivity index (χ3v) is 5.00. The Labute approximate surface area is 147 Å². The minimum Gasteiger partial charge on any atom is -0.0928 e. The standard InChI is InChI=1S/C21H35Br/c22-20-16-11-9-7-5-3-1-2-4-6-8-10-13-17-21-18-14-12-15-19-21/h12,14-15,18-19H,1-11,13,16-17,20H2. The van der Waals surface area contributed by atoms with Gasteiger partial charge in [-0.1, -0.05) is 117 Å². The van der Waals surface area contributed by atoms with Crippen LogP contribution in [0.3, 0.4) is 0 Å². The number of halogens is 1. The van der Waals surface area contributed by atoms with Gasteiger partial charge in [0.2, 0.25) is 0 Å². The van der Waals surface area contributed by atoms with E-state index in [2.05, 4.69) is 46.3 Å². The summed E-state index contributed by atoms with van der Waals surface area (Å²) in [6, 6.07) is 10.9. The first-order valence-corrected chi connectivity index (χ1v) is 10.7. The van der Waals surface area contributed by atoms with Crippen molar-refractivity contribution < 1.29 is 0 Å². The molecule has 0 amide bonds. The van der Waals surface area contributed by atoms with E-state index in [-0.39, 0.29) is 0 Å². The van der Waals surface area contributed by atoms with Gasteiger partial charge >= 0.3 is 0 Å². The molecule has 22 heavy (non-hydrogen) atoms. The monoisotopic (exact) mass is 366 g/mol. The van der Waals surface area contributed by atoms with Crippen LogP contribution in [0, 0.1) is 0 Å². The van der Waals surface area contributed by atoms with E-state index in [1.165, 1.54) is 101 Å². The van der Waals surface area contributed by atoms with E-state index < -0.39 is 0 Å². The minimum absolute atomic E-state index is 1.18. The van der Waals surface area contributed by atoms with Gasteiger partial charge in [-0.25, -0.2) is 0 Å². The maximum Gasteiger partial charge on any atom is 0.00313 e. The lowest BCUT2D eigenvalue weighted by Gasteiger charge is -2.03. The number of hydrogen-bond acceptors (Lipinski definition) is 0. The molecule has 126 valence electrons. The van der Waals surface area contributed by atoms with Gasteiger partial charge in [-0.15, -0.1) is 0 Å². The molecule has 1 aromatic rings. The number of aryl methyl sites for hydroxylation is 1. The molecule has 0 fully saturated rings. The lowest BCUT2D eigenvalue weighted by molar-refractivity contribution is 0.540. The van der Waals surface area contributed by atoms with Crippen LogP contribution in [-0.2, 0) is 6.42 Å². The van der Waals surface area contributed by atoms with Crippen LogP contribution in [-0.4, -0.2) is 5.33 Å². The van der Waals surface area contributed by atoms with E-state index in [1.54, 1.807) is 0 Å². The van der Waals surface area contributed by atoms with E-state index in [4.69, 9.17) is 0 Å². The van der Waals surface area contributed by atoms with Crippen molar-refractivity contribution >= 4 is 15.9 Å². The van der Waals surface area contributed by atoms with Gasteiger partial charge in [0.05, 0.1) is 0 Å². The summed E-state index contributed by atoms with van der Waals surface area (Å²) in [5, 5.41) is 1.18. The van der Waals surface area contributed by atoms with Gasteiger partial charge in [0, 0.05) is 5.33 Å². The Hall–Kier alpha value is -0.300. The van der Waals surface area contributed by atoms with Crippen LogP contribution >= 0.6 is 15.9 Å². The molecule has 0 saturated heterocycles. The first-order chi connectivity index (χ1) is 10.9. The molecule has 0 aliphatic heterocycles. The molecule has 0 radical (unpaired) electrons. The second kappa shape index (κ2) is 15.6. The summed E-state index contributed by atoms with van der Waals surface area (Å²) in [4.78, 5) is 0. The average Bonchev–Trinajstić information content (AvgIpc) is 2.56. The number of benzene rings is 1. The summed E-state index contributed by atoms with van der Waals surface area (Å²) < 4.78 is 0. The largest absolute Gasteiger partial charge is 0.0928 e. The summed E-state index contributed by atoms with van der Waals surface area (Å²) >= 11 is 3.49. The molecular weight excluding hydrogens is 332 g/mol. The van der Waals surface area contributed by atoms with Crippen molar-refractivity contribution in [3.05, 3.63) is 35.9 Å². The van der Waals surface area contributed by atoms with E-state index in [1.807, 2.05) is 0 Å². The van der Waals surface area contributed by atoms with E-state index in [9.17, 15) is 0 Å². The summed E-state index contributed by atoms with van der Waals surface area (Å²) in [6.07, 6.45) is 19.8.